The van der Waals surface area contributed by atoms with E-state index < -0.39 is 0 Å². The minimum atomic E-state index is -0.292. The predicted molar refractivity (Wildman–Crippen MR) is 99.8 cm³/mol. The Labute approximate surface area is 145 Å². The van der Waals surface area contributed by atoms with E-state index in [2.05, 4.69) is 39.7 Å². The molecule has 2 rings (SSSR count). The van der Waals surface area contributed by atoms with Crippen LogP contribution in [0.3, 0.4) is 0 Å². The summed E-state index contributed by atoms with van der Waals surface area (Å²) in [6.07, 6.45) is 5.18. The molecular formula is C22H28O2. The van der Waals surface area contributed by atoms with Gasteiger partial charge < -0.3 is 4.74 Å². The molecule has 0 spiro atoms. The van der Waals surface area contributed by atoms with Crippen molar-refractivity contribution in [3.8, 4) is 0 Å². The minimum Gasteiger partial charge on any atom is -0.458 e. The van der Waals surface area contributed by atoms with Crippen LogP contribution in [0.1, 0.15) is 43.5 Å². The maximum absolute atomic E-state index is 12.1. The monoisotopic (exact) mass is 324 g/mol. The molecule has 1 aromatic carbocycles. The van der Waals surface area contributed by atoms with Gasteiger partial charge in [0, 0.05) is 0 Å². The number of esters is 1. The number of carbonyl (C=O) groups excluding carboxylic acids is 1. The number of ether oxygens (including phenoxy) is 1. The van der Waals surface area contributed by atoms with Crippen LogP contribution >= 0.6 is 0 Å². The third-order valence-electron chi connectivity index (χ3n) is 5.38. The second kappa shape index (κ2) is 7.65. The van der Waals surface area contributed by atoms with Crippen molar-refractivity contribution < 1.29 is 9.53 Å². The van der Waals surface area contributed by atoms with Gasteiger partial charge in [-0.3, -0.25) is 0 Å². The highest BCUT2D eigenvalue weighted by Gasteiger charge is 2.38. The van der Waals surface area contributed by atoms with Crippen molar-refractivity contribution in [2.75, 3.05) is 6.61 Å². The highest BCUT2D eigenvalue weighted by molar-refractivity contribution is 5.89. The van der Waals surface area contributed by atoms with Crippen molar-refractivity contribution in [3.05, 3.63) is 72.9 Å². The van der Waals surface area contributed by atoms with Crippen LogP contribution in [-0.4, -0.2) is 12.6 Å². The van der Waals surface area contributed by atoms with Gasteiger partial charge in [0.15, 0.2) is 0 Å². The summed E-state index contributed by atoms with van der Waals surface area (Å²) in [6.45, 7) is 17.0. The average molecular weight is 324 g/mol. The van der Waals surface area contributed by atoms with Crippen LogP contribution in [0.25, 0.3) is 0 Å². The smallest absolute Gasteiger partial charge is 0.338 e. The first-order valence-corrected chi connectivity index (χ1v) is 8.56. The Bertz CT molecular complexity index is 629. The highest BCUT2D eigenvalue weighted by Crippen LogP contribution is 2.48. The largest absolute Gasteiger partial charge is 0.458 e. The molecule has 1 aliphatic carbocycles. The van der Waals surface area contributed by atoms with Crippen molar-refractivity contribution in [1.82, 2.24) is 0 Å². The lowest BCUT2D eigenvalue weighted by molar-refractivity contribution is 0.0521. The summed E-state index contributed by atoms with van der Waals surface area (Å²) in [5.41, 5.74) is 2.87. The van der Waals surface area contributed by atoms with E-state index in [1.807, 2.05) is 18.2 Å². The van der Waals surface area contributed by atoms with Crippen molar-refractivity contribution in [2.45, 2.75) is 33.1 Å². The van der Waals surface area contributed by atoms with Gasteiger partial charge in [-0.2, -0.15) is 0 Å². The van der Waals surface area contributed by atoms with Gasteiger partial charge in [-0.25, -0.2) is 4.79 Å². The predicted octanol–water partition coefficient (Wildman–Crippen LogP) is 5.58. The third-order valence-corrected chi connectivity index (χ3v) is 5.38. The summed E-state index contributed by atoms with van der Waals surface area (Å²) in [7, 11) is 0. The molecule has 2 nitrogen and oxygen atoms in total. The van der Waals surface area contributed by atoms with Crippen molar-refractivity contribution in [3.63, 3.8) is 0 Å². The molecule has 0 bridgehead atoms. The maximum Gasteiger partial charge on any atom is 0.338 e. The Balaban J connectivity index is 1.95. The van der Waals surface area contributed by atoms with Crippen LogP contribution in [0.2, 0.25) is 0 Å². The van der Waals surface area contributed by atoms with E-state index in [1.165, 1.54) is 5.57 Å². The molecule has 0 saturated heterocycles. The van der Waals surface area contributed by atoms with Gasteiger partial charge in [-0.05, 0) is 61.1 Å². The Morgan fingerprint density at radius 2 is 2.00 bits per heavy atom. The second-order valence-electron chi connectivity index (χ2n) is 7.18. The molecule has 0 radical (unpaired) electrons. The fraction of sp³-hybridized carbons (Fsp3) is 0.409. The summed E-state index contributed by atoms with van der Waals surface area (Å²) in [5.74, 6) is 0.471. The third kappa shape index (κ3) is 4.05. The number of benzene rings is 1. The Morgan fingerprint density at radius 1 is 1.33 bits per heavy atom. The number of hydrogen-bond acceptors (Lipinski definition) is 2. The van der Waals surface area contributed by atoms with E-state index in [0.717, 1.165) is 24.8 Å². The van der Waals surface area contributed by atoms with Gasteiger partial charge in [0.05, 0.1) is 5.56 Å². The fourth-order valence-corrected chi connectivity index (χ4v) is 3.64. The summed E-state index contributed by atoms with van der Waals surface area (Å²) < 4.78 is 5.44. The van der Waals surface area contributed by atoms with E-state index >= 15 is 0 Å². The van der Waals surface area contributed by atoms with Gasteiger partial charge >= 0.3 is 5.97 Å². The standard InChI is InChI=1S/C22H28O2/c1-6-22(5)13-12-19(14-20(22)16(2)3)17(4)15-24-21(23)18-10-8-7-9-11-18/h6-11,19-20H,1-2,4,12-15H2,3,5H3/t19-,20+,22-/m1/s1. The molecule has 24 heavy (non-hydrogen) atoms. The zero-order valence-corrected chi connectivity index (χ0v) is 14.9. The lowest BCUT2D eigenvalue weighted by Crippen LogP contribution is -2.34. The molecule has 0 aliphatic heterocycles. The summed E-state index contributed by atoms with van der Waals surface area (Å²) in [5, 5.41) is 0. The molecule has 3 atom stereocenters. The van der Waals surface area contributed by atoms with E-state index in [4.69, 9.17) is 4.74 Å². The van der Waals surface area contributed by atoms with Crippen LogP contribution in [0.15, 0.2) is 67.3 Å². The van der Waals surface area contributed by atoms with E-state index in [9.17, 15) is 4.79 Å². The molecule has 128 valence electrons. The van der Waals surface area contributed by atoms with Crippen LogP contribution < -0.4 is 0 Å². The number of hydrogen-bond donors (Lipinski definition) is 0. The fourth-order valence-electron chi connectivity index (χ4n) is 3.64. The van der Waals surface area contributed by atoms with Crippen molar-refractivity contribution >= 4 is 5.97 Å². The molecule has 0 amide bonds. The second-order valence-corrected chi connectivity index (χ2v) is 7.18. The van der Waals surface area contributed by atoms with Crippen LogP contribution in [-0.2, 0) is 4.74 Å². The molecule has 0 aromatic heterocycles. The zero-order chi connectivity index (χ0) is 17.7. The number of allylic oxidation sites excluding steroid dienone is 2. The van der Waals surface area contributed by atoms with Crippen LogP contribution in [0.4, 0.5) is 0 Å². The number of rotatable bonds is 6. The SMILES string of the molecule is C=C[C@]1(C)CC[C@@H](C(=C)COC(=O)c2ccccc2)C[C@H]1C(=C)C. The van der Waals surface area contributed by atoms with Gasteiger partial charge in [0.25, 0.3) is 0 Å². The summed E-state index contributed by atoms with van der Waals surface area (Å²) in [4.78, 5) is 12.1. The molecule has 0 unspecified atom stereocenters. The lowest BCUT2D eigenvalue weighted by atomic mass is 9.61. The van der Waals surface area contributed by atoms with E-state index in [1.54, 1.807) is 12.1 Å². The Hall–Kier alpha value is -2.09. The molecule has 1 saturated carbocycles. The summed E-state index contributed by atoms with van der Waals surface area (Å²) in [6, 6.07) is 9.07. The van der Waals surface area contributed by atoms with Gasteiger partial charge in [0.2, 0.25) is 0 Å². The number of carbonyl (C=O) groups is 1. The van der Waals surface area contributed by atoms with Gasteiger partial charge in [-0.1, -0.05) is 49.9 Å². The van der Waals surface area contributed by atoms with E-state index in [-0.39, 0.29) is 18.0 Å². The van der Waals surface area contributed by atoms with Crippen LogP contribution in [0, 0.1) is 17.3 Å². The highest BCUT2D eigenvalue weighted by atomic mass is 16.5. The molecule has 1 aliphatic rings. The molecular weight excluding hydrogens is 296 g/mol. The van der Waals surface area contributed by atoms with Crippen LogP contribution in [0.5, 0.6) is 0 Å². The van der Waals surface area contributed by atoms with E-state index in [0.29, 0.717) is 17.4 Å². The topological polar surface area (TPSA) is 26.3 Å². The Kier molecular flexibility index (Phi) is 5.82. The molecule has 0 N–H and O–H groups in total. The molecule has 1 fully saturated rings. The maximum atomic E-state index is 12.1. The van der Waals surface area contributed by atoms with Gasteiger partial charge in [0.1, 0.15) is 6.61 Å². The zero-order valence-electron chi connectivity index (χ0n) is 14.9. The lowest BCUT2D eigenvalue weighted by Gasteiger charge is -2.43. The Morgan fingerprint density at radius 3 is 2.58 bits per heavy atom. The molecule has 1 aromatic rings. The normalized spacial score (nSPS) is 26.4. The van der Waals surface area contributed by atoms with Crippen molar-refractivity contribution in [1.29, 1.82) is 0 Å². The molecule has 2 heteroatoms. The van der Waals surface area contributed by atoms with Crippen molar-refractivity contribution in [2.24, 2.45) is 17.3 Å². The first-order valence-electron chi connectivity index (χ1n) is 8.56. The quantitative estimate of drug-likeness (QED) is 0.504. The average Bonchev–Trinajstić information content (AvgIpc) is 2.60. The molecule has 0 heterocycles. The van der Waals surface area contributed by atoms with Gasteiger partial charge in [-0.15, -0.1) is 6.58 Å². The summed E-state index contributed by atoms with van der Waals surface area (Å²) >= 11 is 0. The minimum absolute atomic E-state index is 0.101. The first-order chi connectivity index (χ1) is 11.4. The first kappa shape index (κ1) is 18.3.